The Morgan fingerprint density at radius 2 is 2.56 bits per heavy atom. The molecule has 0 aromatic rings. The van der Waals surface area contributed by atoms with Crippen LogP contribution in [0.5, 0.6) is 0 Å². The van der Waals surface area contributed by atoms with Crippen molar-refractivity contribution in [3.8, 4) is 0 Å². The zero-order chi connectivity index (χ0) is 7.11. The van der Waals surface area contributed by atoms with Crippen LogP contribution >= 0.6 is 0 Å². The molecule has 0 radical (unpaired) electrons. The minimum atomic E-state index is 0.413. The van der Waals surface area contributed by atoms with Crippen LogP contribution in [-0.4, -0.2) is 19.4 Å². The smallest absolute Gasteiger partial charge is 0.137 e. The monoisotopic (exact) mass is 128 g/mol. The highest BCUT2D eigenvalue weighted by molar-refractivity contribution is 5.58. The molecule has 0 saturated heterocycles. The molecule has 3 heteroatoms. The fraction of sp³-hybridized carbons (Fsp3) is 0.500. The Balaban J connectivity index is 3.09. The van der Waals surface area contributed by atoms with E-state index in [4.69, 9.17) is 10.6 Å². The van der Waals surface area contributed by atoms with E-state index in [0.717, 1.165) is 5.57 Å². The Labute approximate surface area is 55.2 Å². The van der Waals surface area contributed by atoms with Crippen molar-refractivity contribution in [1.29, 1.82) is 0 Å². The van der Waals surface area contributed by atoms with E-state index in [2.05, 4.69) is 11.7 Å². The van der Waals surface area contributed by atoms with E-state index in [9.17, 15) is 0 Å². The summed E-state index contributed by atoms with van der Waals surface area (Å²) < 4.78 is 0. The van der Waals surface area contributed by atoms with Gasteiger partial charge in [-0.05, 0) is 12.5 Å². The van der Waals surface area contributed by atoms with Crippen LogP contribution in [0.15, 0.2) is 17.3 Å². The highest BCUT2D eigenvalue weighted by Gasteiger charge is 1.80. The summed E-state index contributed by atoms with van der Waals surface area (Å²) in [6, 6.07) is 0. The van der Waals surface area contributed by atoms with Gasteiger partial charge in [-0.1, -0.05) is 11.7 Å². The summed E-state index contributed by atoms with van der Waals surface area (Å²) in [6.45, 7) is 6.38. The number of hydrogen-bond acceptors (Lipinski definition) is 3. The third-order valence-corrected chi connectivity index (χ3v) is 0.565. The fourth-order valence-electron chi connectivity index (χ4n) is 0.243. The van der Waals surface area contributed by atoms with Crippen LogP contribution in [0.2, 0.25) is 0 Å². The van der Waals surface area contributed by atoms with E-state index in [1.165, 1.54) is 6.21 Å². The highest BCUT2D eigenvalue weighted by Crippen LogP contribution is 1.86. The summed E-state index contributed by atoms with van der Waals surface area (Å²) >= 11 is 0. The first kappa shape index (κ1) is 8.17. The third kappa shape index (κ3) is 7.17. The van der Waals surface area contributed by atoms with E-state index in [0.29, 0.717) is 13.2 Å². The zero-order valence-electron chi connectivity index (χ0n) is 5.63. The van der Waals surface area contributed by atoms with Gasteiger partial charge in [-0.15, -0.1) is 0 Å². The van der Waals surface area contributed by atoms with E-state index in [-0.39, 0.29) is 0 Å². The summed E-state index contributed by atoms with van der Waals surface area (Å²) in [5.74, 6) is 0. The third-order valence-electron chi connectivity index (χ3n) is 0.565. The Morgan fingerprint density at radius 3 is 3.00 bits per heavy atom. The van der Waals surface area contributed by atoms with Crippen molar-refractivity contribution >= 4 is 6.21 Å². The second kappa shape index (κ2) is 5.31. The molecule has 2 N–H and O–H groups in total. The van der Waals surface area contributed by atoms with E-state index in [1.807, 2.05) is 6.92 Å². The van der Waals surface area contributed by atoms with E-state index in [1.54, 1.807) is 0 Å². The lowest BCUT2D eigenvalue weighted by atomic mass is 10.4. The largest absolute Gasteiger partial charge is 0.392 e. The fourth-order valence-corrected chi connectivity index (χ4v) is 0.243. The molecule has 0 atom stereocenters. The van der Waals surface area contributed by atoms with Crippen molar-refractivity contribution in [3.05, 3.63) is 12.2 Å². The van der Waals surface area contributed by atoms with Crippen molar-refractivity contribution in [1.82, 2.24) is 0 Å². The molecule has 0 aliphatic carbocycles. The van der Waals surface area contributed by atoms with Crippen LogP contribution in [0.1, 0.15) is 6.92 Å². The van der Waals surface area contributed by atoms with Gasteiger partial charge in [-0.2, -0.15) is 0 Å². The molecule has 0 rings (SSSR count). The molecular formula is C6H12N2O. The summed E-state index contributed by atoms with van der Waals surface area (Å²) in [6.07, 6.45) is 1.50. The van der Waals surface area contributed by atoms with Crippen LogP contribution in [0.25, 0.3) is 0 Å². The maximum Gasteiger partial charge on any atom is 0.137 e. The second-order valence-corrected chi connectivity index (χ2v) is 1.75. The van der Waals surface area contributed by atoms with Crippen LogP contribution in [0.3, 0.4) is 0 Å². The minimum Gasteiger partial charge on any atom is -0.392 e. The molecule has 0 spiro atoms. The first-order valence-corrected chi connectivity index (χ1v) is 2.75. The molecule has 52 valence electrons. The minimum absolute atomic E-state index is 0.413. The van der Waals surface area contributed by atoms with Crippen LogP contribution in [0.4, 0.5) is 0 Å². The van der Waals surface area contributed by atoms with Crippen molar-refractivity contribution in [2.45, 2.75) is 6.92 Å². The van der Waals surface area contributed by atoms with Gasteiger partial charge in [0.05, 0.1) is 6.21 Å². The first-order valence-electron chi connectivity index (χ1n) is 2.75. The number of hydrogen-bond donors (Lipinski definition) is 1. The number of nitrogens with zero attached hydrogens (tertiary/aromatic N) is 1. The van der Waals surface area contributed by atoms with E-state index >= 15 is 0 Å². The number of nitrogens with two attached hydrogens (primary N) is 1. The summed E-state index contributed by atoms with van der Waals surface area (Å²) in [5, 5.41) is 3.52. The molecule has 0 aliphatic heterocycles. The average molecular weight is 128 g/mol. The summed E-state index contributed by atoms with van der Waals surface area (Å²) in [7, 11) is 0. The predicted octanol–water partition coefficient (Wildman–Crippen LogP) is 0.524. The van der Waals surface area contributed by atoms with Gasteiger partial charge < -0.3 is 10.6 Å². The van der Waals surface area contributed by atoms with Gasteiger partial charge in [-0.25, -0.2) is 0 Å². The van der Waals surface area contributed by atoms with Gasteiger partial charge >= 0.3 is 0 Å². The summed E-state index contributed by atoms with van der Waals surface area (Å²) in [4.78, 5) is 4.73. The van der Waals surface area contributed by atoms with Crippen molar-refractivity contribution in [2.24, 2.45) is 10.9 Å². The molecule has 0 unspecified atom stereocenters. The predicted molar refractivity (Wildman–Crippen MR) is 38.3 cm³/mol. The van der Waals surface area contributed by atoms with Gasteiger partial charge in [0.1, 0.15) is 6.61 Å². The Morgan fingerprint density at radius 1 is 1.89 bits per heavy atom. The molecule has 0 heterocycles. The lowest BCUT2D eigenvalue weighted by Gasteiger charge is -1.94. The standard InChI is InChI=1S/C6H12N2O/c1-6(2)5-9-8-4-3-7/h4H,1,3,5,7H2,2H3/b8-4+. The van der Waals surface area contributed by atoms with Crippen molar-refractivity contribution < 1.29 is 4.84 Å². The number of oxime groups is 1. The van der Waals surface area contributed by atoms with Crippen molar-refractivity contribution in [3.63, 3.8) is 0 Å². The Bertz CT molecular complexity index is 110. The molecule has 0 aromatic heterocycles. The molecule has 0 fully saturated rings. The molecule has 0 amide bonds. The normalized spacial score (nSPS) is 10.0. The van der Waals surface area contributed by atoms with Gasteiger partial charge in [-0.3, -0.25) is 0 Å². The topological polar surface area (TPSA) is 47.6 Å². The van der Waals surface area contributed by atoms with Gasteiger partial charge in [0.25, 0.3) is 0 Å². The van der Waals surface area contributed by atoms with Crippen LogP contribution in [0, 0.1) is 0 Å². The second-order valence-electron chi connectivity index (χ2n) is 1.75. The van der Waals surface area contributed by atoms with Gasteiger partial charge in [0.2, 0.25) is 0 Å². The zero-order valence-corrected chi connectivity index (χ0v) is 5.63. The molecule has 3 nitrogen and oxygen atoms in total. The van der Waals surface area contributed by atoms with Crippen molar-refractivity contribution in [2.75, 3.05) is 13.2 Å². The maximum absolute atomic E-state index is 5.09. The van der Waals surface area contributed by atoms with Gasteiger partial charge in [0, 0.05) is 6.54 Å². The molecule has 0 bridgehead atoms. The molecule has 0 aliphatic rings. The SMILES string of the molecule is C=C(C)CO/N=C/CN. The van der Waals surface area contributed by atoms with E-state index < -0.39 is 0 Å². The molecular weight excluding hydrogens is 116 g/mol. The average Bonchev–Trinajstić information content (AvgIpc) is 1.80. The number of rotatable bonds is 4. The Hall–Kier alpha value is -0.830. The van der Waals surface area contributed by atoms with Crippen LogP contribution < -0.4 is 5.73 Å². The quantitative estimate of drug-likeness (QED) is 0.341. The summed E-state index contributed by atoms with van der Waals surface area (Å²) in [5.41, 5.74) is 6.04. The molecule has 9 heavy (non-hydrogen) atoms. The first-order chi connectivity index (χ1) is 4.27. The lowest BCUT2D eigenvalue weighted by Crippen LogP contribution is -2.00. The van der Waals surface area contributed by atoms with Crippen LogP contribution in [-0.2, 0) is 4.84 Å². The lowest BCUT2D eigenvalue weighted by molar-refractivity contribution is 0.169. The maximum atomic E-state index is 5.09. The highest BCUT2D eigenvalue weighted by atomic mass is 16.6. The molecule has 0 saturated carbocycles. The Kier molecular flexibility index (Phi) is 4.82. The molecule has 0 aromatic carbocycles. The van der Waals surface area contributed by atoms with Gasteiger partial charge in [0.15, 0.2) is 0 Å².